The molecule has 2 fully saturated rings. The number of hydrogen-bond acceptors (Lipinski definition) is 4. The van der Waals surface area contributed by atoms with Gasteiger partial charge in [-0.2, -0.15) is 13.2 Å². The van der Waals surface area contributed by atoms with Gasteiger partial charge >= 0.3 is 6.18 Å². The van der Waals surface area contributed by atoms with Crippen LogP contribution in [0, 0.1) is 0 Å². The lowest BCUT2D eigenvalue weighted by Crippen LogP contribution is -2.45. The molecule has 162 valence electrons. The maximum absolute atomic E-state index is 12.6. The van der Waals surface area contributed by atoms with Crippen molar-refractivity contribution in [2.24, 2.45) is 4.99 Å². The normalized spacial score (nSPS) is 21.5. The average Bonchev–Trinajstić information content (AvgIpc) is 3.32. The lowest BCUT2D eigenvalue weighted by Gasteiger charge is -2.20. The zero-order chi connectivity index (χ0) is 20.7. The SMILES string of the molecule is CCNC(=NCc1cccnc1OC1CCCC1)NC1CCN(CC(F)(F)F)C1. The van der Waals surface area contributed by atoms with E-state index in [0.717, 1.165) is 18.4 Å². The predicted molar refractivity (Wildman–Crippen MR) is 106 cm³/mol. The van der Waals surface area contributed by atoms with Gasteiger partial charge < -0.3 is 15.4 Å². The molecule has 1 saturated heterocycles. The summed E-state index contributed by atoms with van der Waals surface area (Å²) in [5, 5.41) is 6.44. The van der Waals surface area contributed by atoms with Crippen LogP contribution < -0.4 is 15.4 Å². The molecule has 6 nitrogen and oxygen atoms in total. The molecule has 0 spiro atoms. The van der Waals surface area contributed by atoms with Gasteiger partial charge in [-0.05, 0) is 45.1 Å². The summed E-state index contributed by atoms with van der Waals surface area (Å²) in [6.07, 6.45) is 2.91. The minimum absolute atomic E-state index is 0.0572. The summed E-state index contributed by atoms with van der Waals surface area (Å²) in [4.78, 5) is 10.4. The molecule has 0 bridgehead atoms. The van der Waals surface area contributed by atoms with Crippen molar-refractivity contribution in [2.45, 2.75) is 63.9 Å². The van der Waals surface area contributed by atoms with Gasteiger partial charge in [0.2, 0.25) is 5.88 Å². The van der Waals surface area contributed by atoms with Gasteiger partial charge in [0.15, 0.2) is 5.96 Å². The number of alkyl halides is 3. The molecule has 2 aliphatic rings. The molecule has 1 saturated carbocycles. The summed E-state index contributed by atoms with van der Waals surface area (Å²) in [5.74, 6) is 1.22. The molecular weight excluding hydrogens is 383 g/mol. The predicted octanol–water partition coefficient (Wildman–Crippen LogP) is 3.09. The Labute approximate surface area is 169 Å². The van der Waals surface area contributed by atoms with Crippen LogP contribution in [0.2, 0.25) is 0 Å². The molecule has 1 aliphatic heterocycles. The van der Waals surface area contributed by atoms with Crippen LogP contribution in [-0.2, 0) is 6.54 Å². The molecule has 1 aliphatic carbocycles. The second-order valence-corrected chi connectivity index (χ2v) is 7.67. The zero-order valence-corrected chi connectivity index (χ0v) is 16.8. The molecule has 2 N–H and O–H groups in total. The molecule has 0 amide bonds. The van der Waals surface area contributed by atoms with Gasteiger partial charge in [0.05, 0.1) is 13.1 Å². The summed E-state index contributed by atoms with van der Waals surface area (Å²) in [6, 6.07) is 3.75. The first-order chi connectivity index (χ1) is 13.9. The summed E-state index contributed by atoms with van der Waals surface area (Å²) in [7, 11) is 0. The minimum atomic E-state index is -4.16. The van der Waals surface area contributed by atoms with E-state index >= 15 is 0 Å². The van der Waals surface area contributed by atoms with Crippen molar-refractivity contribution < 1.29 is 17.9 Å². The van der Waals surface area contributed by atoms with Crippen LogP contribution in [0.1, 0.15) is 44.6 Å². The number of nitrogens with one attached hydrogen (secondary N) is 2. The van der Waals surface area contributed by atoms with Gasteiger partial charge in [0.1, 0.15) is 6.10 Å². The van der Waals surface area contributed by atoms with Crippen LogP contribution in [0.15, 0.2) is 23.3 Å². The fourth-order valence-electron chi connectivity index (χ4n) is 3.84. The number of hydrogen-bond donors (Lipinski definition) is 2. The zero-order valence-electron chi connectivity index (χ0n) is 16.8. The molecule has 9 heteroatoms. The molecule has 0 radical (unpaired) electrons. The van der Waals surface area contributed by atoms with Crippen LogP contribution in [0.4, 0.5) is 13.2 Å². The lowest BCUT2D eigenvalue weighted by molar-refractivity contribution is -0.143. The number of ether oxygens (including phenoxy) is 1. The van der Waals surface area contributed by atoms with E-state index in [9.17, 15) is 13.2 Å². The largest absolute Gasteiger partial charge is 0.474 e. The van der Waals surface area contributed by atoms with Crippen molar-refractivity contribution in [3.8, 4) is 5.88 Å². The van der Waals surface area contributed by atoms with E-state index < -0.39 is 12.7 Å². The molecule has 1 atom stereocenters. The highest BCUT2D eigenvalue weighted by Crippen LogP contribution is 2.25. The van der Waals surface area contributed by atoms with Crippen molar-refractivity contribution in [3.05, 3.63) is 23.9 Å². The quantitative estimate of drug-likeness (QED) is 0.531. The van der Waals surface area contributed by atoms with Gasteiger partial charge in [0.25, 0.3) is 0 Å². The highest BCUT2D eigenvalue weighted by Gasteiger charge is 2.34. The molecule has 0 aromatic carbocycles. The van der Waals surface area contributed by atoms with Crippen LogP contribution in [0.5, 0.6) is 5.88 Å². The Morgan fingerprint density at radius 2 is 2.10 bits per heavy atom. The third-order valence-electron chi connectivity index (χ3n) is 5.20. The topological polar surface area (TPSA) is 61.8 Å². The monoisotopic (exact) mass is 413 g/mol. The Morgan fingerprint density at radius 3 is 2.83 bits per heavy atom. The first-order valence-electron chi connectivity index (χ1n) is 10.4. The van der Waals surface area contributed by atoms with Gasteiger partial charge in [-0.1, -0.05) is 6.07 Å². The number of likely N-dealkylation sites (tertiary alicyclic amines) is 1. The Morgan fingerprint density at radius 1 is 1.31 bits per heavy atom. The molecule has 29 heavy (non-hydrogen) atoms. The van der Waals surface area contributed by atoms with Gasteiger partial charge in [-0.25, -0.2) is 9.98 Å². The van der Waals surface area contributed by atoms with Crippen molar-refractivity contribution in [2.75, 3.05) is 26.2 Å². The number of aromatic nitrogens is 1. The van der Waals surface area contributed by atoms with Crippen LogP contribution >= 0.6 is 0 Å². The first-order valence-corrected chi connectivity index (χ1v) is 10.4. The van der Waals surface area contributed by atoms with E-state index in [1.54, 1.807) is 6.20 Å². The lowest BCUT2D eigenvalue weighted by atomic mass is 10.2. The van der Waals surface area contributed by atoms with E-state index in [0.29, 0.717) is 44.4 Å². The van der Waals surface area contributed by atoms with Gasteiger partial charge in [-0.3, -0.25) is 4.90 Å². The summed E-state index contributed by atoms with van der Waals surface area (Å²) in [5.41, 5.74) is 0.904. The molecule has 1 unspecified atom stereocenters. The number of pyridine rings is 1. The first kappa shape index (κ1) is 21.7. The maximum atomic E-state index is 12.6. The molecule has 2 heterocycles. The number of nitrogens with zero attached hydrogens (tertiary/aromatic N) is 3. The van der Waals surface area contributed by atoms with E-state index in [2.05, 4.69) is 20.6 Å². The third kappa shape index (κ3) is 7.06. The van der Waals surface area contributed by atoms with Crippen LogP contribution in [-0.4, -0.2) is 60.3 Å². The molecule has 3 rings (SSSR count). The van der Waals surface area contributed by atoms with Crippen LogP contribution in [0.25, 0.3) is 0 Å². The second kappa shape index (κ2) is 10.1. The van der Waals surface area contributed by atoms with E-state index in [1.807, 2.05) is 19.1 Å². The number of halogens is 3. The average molecular weight is 413 g/mol. The molecular formula is C20H30F3N5O. The van der Waals surface area contributed by atoms with Crippen molar-refractivity contribution >= 4 is 5.96 Å². The van der Waals surface area contributed by atoms with Gasteiger partial charge in [0, 0.05) is 37.4 Å². The summed E-state index contributed by atoms with van der Waals surface area (Å²) in [6.45, 7) is 2.94. The number of guanidine groups is 1. The Balaban J connectivity index is 1.58. The number of rotatable bonds is 7. The van der Waals surface area contributed by atoms with E-state index in [4.69, 9.17) is 4.74 Å². The molecule has 1 aromatic rings. The van der Waals surface area contributed by atoms with Gasteiger partial charge in [-0.15, -0.1) is 0 Å². The Hall–Kier alpha value is -2.03. The minimum Gasteiger partial charge on any atom is -0.474 e. The van der Waals surface area contributed by atoms with E-state index in [1.165, 1.54) is 17.7 Å². The van der Waals surface area contributed by atoms with E-state index in [-0.39, 0.29) is 12.1 Å². The standard InChI is InChI=1S/C20H30F3N5O/c1-2-24-19(27-16-9-11-28(13-16)14-20(21,22)23)26-12-15-6-5-10-25-18(15)29-17-7-3-4-8-17/h5-6,10,16-17H,2-4,7-9,11-14H2,1H3,(H2,24,26,27). The number of aliphatic imine (C=N–C) groups is 1. The Kier molecular flexibility index (Phi) is 7.57. The van der Waals surface area contributed by atoms with Crippen LogP contribution in [0.3, 0.4) is 0 Å². The van der Waals surface area contributed by atoms with Crippen molar-refractivity contribution in [3.63, 3.8) is 0 Å². The smallest absolute Gasteiger partial charge is 0.401 e. The highest BCUT2D eigenvalue weighted by atomic mass is 19.4. The summed E-state index contributed by atoms with van der Waals surface area (Å²) >= 11 is 0. The molecule has 1 aromatic heterocycles. The Bertz CT molecular complexity index is 676. The third-order valence-corrected chi connectivity index (χ3v) is 5.20. The summed E-state index contributed by atoms with van der Waals surface area (Å²) < 4.78 is 43.8. The maximum Gasteiger partial charge on any atom is 0.401 e. The second-order valence-electron chi connectivity index (χ2n) is 7.67. The van der Waals surface area contributed by atoms with Crippen molar-refractivity contribution in [1.82, 2.24) is 20.5 Å². The van der Waals surface area contributed by atoms with Crippen molar-refractivity contribution in [1.29, 1.82) is 0 Å². The fourth-order valence-corrected chi connectivity index (χ4v) is 3.84. The highest BCUT2D eigenvalue weighted by molar-refractivity contribution is 5.80. The fraction of sp³-hybridized carbons (Fsp3) is 0.700.